The third-order valence-corrected chi connectivity index (χ3v) is 8.51. The van der Waals surface area contributed by atoms with E-state index in [0.717, 1.165) is 24.7 Å². The van der Waals surface area contributed by atoms with Gasteiger partial charge in [-0.3, -0.25) is 4.79 Å². The van der Waals surface area contributed by atoms with Crippen LogP contribution in [0.4, 0.5) is 0 Å². The number of allylic oxidation sites excluding steroid dienone is 2. The largest absolute Gasteiger partial charge is 0.298 e. The minimum Gasteiger partial charge on any atom is -0.298 e. The van der Waals surface area contributed by atoms with Crippen molar-refractivity contribution >= 4 is 21.7 Å². The first kappa shape index (κ1) is 14.5. The zero-order valence-corrected chi connectivity index (χ0v) is 14.9. The van der Waals surface area contributed by atoms with E-state index in [2.05, 4.69) is 35.9 Å². The van der Waals surface area contributed by atoms with Crippen LogP contribution < -0.4 is 0 Å². The SMILES string of the molecule is CC12CCC3C(CC=C4CCCCC43C)C1C[C@@H](Br)C2=O. The van der Waals surface area contributed by atoms with Crippen molar-refractivity contribution in [2.45, 2.75) is 70.0 Å². The Hall–Kier alpha value is -0.110. The van der Waals surface area contributed by atoms with Crippen LogP contribution in [0, 0.1) is 28.6 Å². The zero-order chi connectivity index (χ0) is 14.8. The molecule has 6 atom stereocenters. The predicted molar refractivity (Wildman–Crippen MR) is 89.4 cm³/mol. The Morgan fingerprint density at radius 3 is 2.76 bits per heavy atom. The molecule has 116 valence electrons. The normalized spacial score (nSPS) is 52.7. The Balaban J connectivity index is 1.71. The lowest BCUT2D eigenvalue weighted by molar-refractivity contribution is -0.131. The fourth-order valence-electron chi connectivity index (χ4n) is 6.45. The van der Waals surface area contributed by atoms with Crippen LogP contribution in [0.25, 0.3) is 0 Å². The lowest BCUT2D eigenvalue weighted by Gasteiger charge is -2.56. The summed E-state index contributed by atoms with van der Waals surface area (Å²) in [5.74, 6) is 2.70. The van der Waals surface area contributed by atoms with Crippen molar-refractivity contribution in [3.63, 3.8) is 0 Å². The molecule has 0 amide bonds. The lowest BCUT2D eigenvalue weighted by Crippen LogP contribution is -2.49. The van der Waals surface area contributed by atoms with Crippen molar-refractivity contribution in [3.05, 3.63) is 11.6 Å². The van der Waals surface area contributed by atoms with Crippen LogP contribution in [0.5, 0.6) is 0 Å². The molecule has 0 aromatic carbocycles. The van der Waals surface area contributed by atoms with Crippen molar-refractivity contribution < 1.29 is 4.79 Å². The fraction of sp³-hybridized carbons (Fsp3) is 0.842. The van der Waals surface area contributed by atoms with Gasteiger partial charge in [-0.15, -0.1) is 0 Å². The summed E-state index contributed by atoms with van der Waals surface area (Å²) >= 11 is 3.66. The third kappa shape index (κ3) is 1.84. The molecule has 5 unspecified atom stereocenters. The van der Waals surface area contributed by atoms with E-state index >= 15 is 0 Å². The molecule has 21 heavy (non-hydrogen) atoms. The van der Waals surface area contributed by atoms with Gasteiger partial charge in [0.25, 0.3) is 0 Å². The molecule has 1 nitrogen and oxygen atoms in total. The summed E-state index contributed by atoms with van der Waals surface area (Å²) in [6, 6.07) is 0. The summed E-state index contributed by atoms with van der Waals surface area (Å²) in [4.78, 5) is 12.8. The predicted octanol–water partition coefficient (Wildman–Crippen LogP) is 5.28. The Morgan fingerprint density at radius 1 is 1.14 bits per heavy atom. The first-order valence-corrected chi connectivity index (χ1v) is 9.76. The van der Waals surface area contributed by atoms with Gasteiger partial charge in [-0.2, -0.15) is 0 Å². The molecule has 0 heterocycles. The molecule has 0 aromatic rings. The molecule has 0 radical (unpaired) electrons. The summed E-state index contributed by atoms with van der Waals surface area (Å²) in [5.41, 5.74) is 2.18. The van der Waals surface area contributed by atoms with Gasteiger partial charge in [0.2, 0.25) is 0 Å². The maximum Gasteiger partial charge on any atom is 0.152 e. The second-order valence-electron chi connectivity index (χ2n) is 8.49. The Kier molecular flexibility index (Phi) is 3.24. The molecular weight excluding hydrogens is 324 g/mol. The van der Waals surface area contributed by atoms with Crippen LogP contribution in [0.2, 0.25) is 0 Å². The van der Waals surface area contributed by atoms with Gasteiger partial charge in [-0.1, -0.05) is 47.8 Å². The van der Waals surface area contributed by atoms with Gasteiger partial charge in [-0.05, 0) is 68.1 Å². The molecule has 3 saturated carbocycles. The van der Waals surface area contributed by atoms with Gasteiger partial charge in [0, 0.05) is 5.41 Å². The molecule has 0 spiro atoms. The number of ketones is 1. The molecule has 0 aliphatic heterocycles. The number of rotatable bonds is 0. The first-order chi connectivity index (χ1) is 9.97. The minimum atomic E-state index is -0.0360. The molecule has 0 saturated heterocycles. The average molecular weight is 351 g/mol. The van der Waals surface area contributed by atoms with Crippen molar-refractivity contribution in [1.29, 1.82) is 0 Å². The molecule has 2 heteroatoms. The van der Waals surface area contributed by atoms with E-state index in [1.54, 1.807) is 5.57 Å². The monoisotopic (exact) mass is 350 g/mol. The Morgan fingerprint density at radius 2 is 1.95 bits per heavy atom. The Labute approximate surface area is 137 Å². The lowest BCUT2D eigenvalue weighted by atomic mass is 9.48. The maximum absolute atomic E-state index is 12.6. The molecule has 0 N–H and O–H groups in total. The van der Waals surface area contributed by atoms with E-state index in [0.29, 0.717) is 17.1 Å². The summed E-state index contributed by atoms with van der Waals surface area (Å²) in [7, 11) is 0. The summed E-state index contributed by atoms with van der Waals surface area (Å²) in [6.07, 6.45) is 12.8. The highest BCUT2D eigenvalue weighted by atomic mass is 79.9. The van der Waals surface area contributed by atoms with E-state index < -0.39 is 0 Å². The van der Waals surface area contributed by atoms with E-state index in [4.69, 9.17) is 0 Å². The van der Waals surface area contributed by atoms with E-state index in [1.807, 2.05) is 0 Å². The summed E-state index contributed by atoms with van der Waals surface area (Å²) in [6.45, 7) is 4.81. The number of fused-ring (bicyclic) bond motifs is 5. The highest BCUT2D eigenvalue weighted by Gasteiger charge is 2.60. The second-order valence-corrected chi connectivity index (χ2v) is 9.60. The van der Waals surface area contributed by atoms with Gasteiger partial charge in [0.1, 0.15) is 0 Å². The van der Waals surface area contributed by atoms with Gasteiger partial charge in [0.05, 0.1) is 4.83 Å². The number of hydrogen-bond donors (Lipinski definition) is 0. The molecule has 4 rings (SSSR count). The zero-order valence-electron chi connectivity index (χ0n) is 13.3. The van der Waals surface area contributed by atoms with Crippen molar-refractivity contribution in [1.82, 2.24) is 0 Å². The second kappa shape index (κ2) is 4.69. The molecule has 3 fully saturated rings. The number of alkyl halides is 1. The van der Waals surface area contributed by atoms with Gasteiger partial charge in [-0.25, -0.2) is 0 Å². The van der Waals surface area contributed by atoms with Gasteiger partial charge >= 0.3 is 0 Å². The molecular formula is C19H27BrO. The average Bonchev–Trinajstić information content (AvgIpc) is 2.70. The quantitative estimate of drug-likeness (QED) is 0.429. The van der Waals surface area contributed by atoms with Crippen LogP contribution in [0.3, 0.4) is 0 Å². The first-order valence-electron chi connectivity index (χ1n) is 8.85. The molecule has 4 aliphatic carbocycles. The maximum atomic E-state index is 12.6. The van der Waals surface area contributed by atoms with Gasteiger partial charge in [0.15, 0.2) is 5.78 Å². The molecule has 0 aromatic heterocycles. The minimum absolute atomic E-state index is 0.0360. The number of Topliss-reactive ketones (excluding diaryl/α,β-unsaturated/α-hetero) is 1. The summed E-state index contributed by atoms with van der Waals surface area (Å²) in [5, 5.41) is 0. The van der Waals surface area contributed by atoms with Crippen LogP contribution in [0.15, 0.2) is 11.6 Å². The van der Waals surface area contributed by atoms with E-state index in [-0.39, 0.29) is 10.2 Å². The van der Waals surface area contributed by atoms with Crippen LogP contribution in [-0.2, 0) is 4.79 Å². The number of carbonyl (C=O) groups excluding carboxylic acids is 1. The van der Waals surface area contributed by atoms with Crippen LogP contribution in [0.1, 0.15) is 65.2 Å². The number of hydrogen-bond acceptors (Lipinski definition) is 1. The highest BCUT2D eigenvalue weighted by Crippen LogP contribution is 2.64. The standard InChI is InChI=1S/C19H27BrO/c1-18-9-4-3-5-12(18)6-7-13-14(18)8-10-19(2)15(13)11-16(20)17(19)21/h6,13-16H,3-5,7-11H2,1-2H3/t13?,14?,15?,16-,18?,19?/m1/s1. The van der Waals surface area contributed by atoms with Gasteiger partial charge < -0.3 is 0 Å². The number of halogens is 1. The Bertz CT molecular complexity index is 510. The van der Waals surface area contributed by atoms with Crippen LogP contribution in [-0.4, -0.2) is 10.6 Å². The van der Waals surface area contributed by atoms with Crippen LogP contribution >= 0.6 is 15.9 Å². The van der Waals surface area contributed by atoms with E-state index in [9.17, 15) is 4.79 Å². The smallest absolute Gasteiger partial charge is 0.152 e. The molecule has 4 aliphatic rings. The van der Waals surface area contributed by atoms with E-state index in [1.165, 1.54) is 38.5 Å². The number of carbonyl (C=O) groups is 1. The summed E-state index contributed by atoms with van der Waals surface area (Å²) < 4.78 is 0. The third-order valence-electron chi connectivity index (χ3n) is 7.72. The topological polar surface area (TPSA) is 17.1 Å². The van der Waals surface area contributed by atoms with Crippen molar-refractivity contribution in [3.8, 4) is 0 Å². The highest BCUT2D eigenvalue weighted by molar-refractivity contribution is 9.10. The van der Waals surface area contributed by atoms with Crippen molar-refractivity contribution in [2.75, 3.05) is 0 Å². The molecule has 0 bridgehead atoms. The van der Waals surface area contributed by atoms with Crippen molar-refractivity contribution in [2.24, 2.45) is 28.6 Å². The fourth-order valence-corrected chi connectivity index (χ4v) is 7.37.